The van der Waals surface area contributed by atoms with Crippen LogP contribution in [0.4, 0.5) is 22.0 Å². The fraction of sp³-hybridized carbons (Fsp3) is 0.273. The summed E-state index contributed by atoms with van der Waals surface area (Å²) in [5.41, 5.74) is -1.66. The van der Waals surface area contributed by atoms with Gasteiger partial charge in [-0.1, -0.05) is 13.0 Å². The first kappa shape index (κ1) is 26.2. The van der Waals surface area contributed by atoms with Gasteiger partial charge in [0.2, 0.25) is 5.88 Å². The number of aryl methyl sites for hydroxylation is 1. The highest BCUT2D eigenvalue weighted by Crippen LogP contribution is 2.37. The topological polar surface area (TPSA) is 109 Å². The third-order valence-corrected chi connectivity index (χ3v) is 7.19. The fourth-order valence-corrected chi connectivity index (χ4v) is 4.53. The molecule has 0 saturated carbocycles. The van der Waals surface area contributed by atoms with Crippen LogP contribution in [0.5, 0.6) is 11.6 Å². The van der Waals surface area contributed by atoms with E-state index in [0.29, 0.717) is 0 Å². The summed E-state index contributed by atoms with van der Waals surface area (Å²) in [6, 6.07) is 7.28. The summed E-state index contributed by atoms with van der Waals surface area (Å²) in [6.07, 6.45) is -2.26. The SMILES string of the molecule is CCS(=O)(=O)c1cc(Oc2ccccn2)cnc1-c1cc2c(cn1)n(CC(F)(F)C(F)(F)F)c(=O)n2C. The molecular weight excluding hydrogens is 525 g/mol. The summed E-state index contributed by atoms with van der Waals surface area (Å²) >= 11 is 0. The molecule has 196 valence electrons. The van der Waals surface area contributed by atoms with Crippen LogP contribution in [0, 0.1) is 0 Å². The van der Waals surface area contributed by atoms with Crippen molar-refractivity contribution in [1.29, 1.82) is 0 Å². The molecule has 0 aliphatic heterocycles. The van der Waals surface area contributed by atoms with E-state index in [1.165, 1.54) is 38.5 Å². The standard InChI is InChI=1S/C22H18F5N5O4S/c1-3-37(34,35)17-8-13(36-18-6-4-5-7-28-18)10-30-19(17)14-9-15-16(11-29-14)32(20(33)31(15)2)12-21(23,24)22(25,26)27/h4-11H,3,12H2,1-2H3. The number of rotatable bonds is 7. The molecule has 0 fully saturated rings. The predicted octanol–water partition coefficient (Wildman–Crippen LogP) is 3.98. The molecule has 0 spiro atoms. The Morgan fingerprint density at radius 2 is 1.73 bits per heavy atom. The molecule has 0 bridgehead atoms. The van der Waals surface area contributed by atoms with Crippen LogP contribution < -0.4 is 10.4 Å². The number of pyridine rings is 3. The average Bonchev–Trinajstić information content (AvgIpc) is 3.08. The second kappa shape index (κ2) is 9.21. The van der Waals surface area contributed by atoms with Gasteiger partial charge in [0, 0.05) is 25.4 Å². The molecule has 15 heteroatoms. The molecule has 0 amide bonds. The number of hydrogen-bond donors (Lipinski definition) is 0. The first-order chi connectivity index (χ1) is 17.2. The van der Waals surface area contributed by atoms with Crippen molar-refractivity contribution in [3.63, 3.8) is 0 Å². The number of ether oxygens (including phenoxy) is 1. The summed E-state index contributed by atoms with van der Waals surface area (Å²) in [5.74, 6) is -5.23. The largest absolute Gasteiger partial charge is 0.455 e. The van der Waals surface area contributed by atoms with Gasteiger partial charge in [-0.15, -0.1) is 0 Å². The van der Waals surface area contributed by atoms with E-state index in [9.17, 15) is 35.2 Å². The van der Waals surface area contributed by atoms with Gasteiger partial charge >= 0.3 is 17.8 Å². The molecule has 0 N–H and O–H groups in total. The molecule has 0 radical (unpaired) electrons. The van der Waals surface area contributed by atoms with Crippen molar-refractivity contribution in [3.05, 3.63) is 59.4 Å². The van der Waals surface area contributed by atoms with Gasteiger partial charge in [-0.3, -0.25) is 14.1 Å². The lowest BCUT2D eigenvalue weighted by atomic mass is 10.2. The number of halogens is 5. The van der Waals surface area contributed by atoms with Gasteiger partial charge < -0.3 is 4.74 Å². The summed E-state index contributed by atoms with van der Waals surface area (Å²) < 4.78 is 98.0. The third kappa shape index (κ3) is 4.90. The normalized spacial score (nSPS) is 12.7. The number of aromatic nitrogens is 5. The van der Waals surface area contributed by atoms with Crippen LogP contribution in [-0.2, 0) is 23.4 Å². The number of fused-ring (bicyclic) bond motifs is 1. The van der Waals surface area contributed by atoms with Gasteiger partial charge in [-0.25, -0.2) is 23.2 Å². The average molecular weight is 543 g/mol. The van der Waals surface area contributed by atoms with Gasteiger partial charge in [0.1, 0.15) is 18.0 Å². The van der Waals surface area contributed by atoms with Gasteiger partial charge in [-0.05, 0) is 12.1 Å². The van der Waals surface area contributed by atoms with Crippen molar-refractivity contribution in [3.8, 4) is 23.0 Å². The van der Waals surface area contributed by atoms with Crippen LogP contribution in [0.2, 0.25) is 0 Å². The van der Waals surface area contributed by atoms with Crippen LogP contribution >= 0.6 is 0 Å². The quantitative estimate of drug-likeness (QED) is 0.325. The highest BCUT2D eigenvalue weighted by Gasteiger charge is 2.58. The van der Waals surface area contributed by atoms with Crippen molar-refractivity contribution in [2.45, 2.75) is 30.5 Å². The Hall–Kier alpha value is -3.88. The van der Waals surface area contributed by atoms with Crippen LogP contribution in [0.15, 0.2) is 58.6 Å². The molecule has 9 nitrogen and oxygen atoms in total. The Morgan fingerprint density at radius 1 is 1.00 bits per heavy atom. The Labute approximate surface area is 206 Å². The first-order valence-electron chi connectivity index (χ1n) is 10.6. The zero-order chi connectivity index (χ0) is 27.2. The van der Waals surface area contributed by atoms with Gasteiger partial charge in [0.05, 0.1) is 39.8 Å². The number of hydrogen-bond acceptors (Lipinski definition) is 7. The van der Waals surface area contributed by atoms with E-state index in [1.54, 1.807) is 18.2 Å². The van der Waals surface area contributed by atoms with Crippen molar-refractivity contribution in [2.75, 3.05) is 5.75 Å². The maximum Gasteiger partial charge on any atom is 0.455 e. The Kier molecular flexibility index (Phi) is 6.52. The molecule has 0 saturated heterocycles. The van der Waals surface area contributed by atoms with Gasteiger partial charge in [0.15, 0.2) is 9.84 Å². The number of alkyl halides is 5. The highest BCUT2D eigenvalue weighted by atomic mass is 32.2. The maximum atomic E-state index is 13.7. The minimum Gasteiger partial charge on any atom is -0.437 e. The predicted molar refractivity (Wildman–Crippen MR) is 121 cm³/mol. The van der Waals surface area contributed by atoms with E-state index in [1.807, 2.05) is 0 Å². The zero-order valence-corrected chi connectivity index (χ0v) is 20.0. The van der Waals surface area contributed by atoms with Gasteiger partial charge in [0.25, 0.3) is 0 Å². The summed E-state index contributed by atoms with van der Waals surface area (Å²) in [6.45, 7) is -0.534. The minimum absolute atomic E-state index is 0.0524. The first-order valence-corrected chi connectivity index (χ1v) is 12.2. The molecule has 4 aromatic rings. The number of imidazole rings is 1. The van der Waals surface area contributed by atoms with E-state index in [-0.39, 0.29) is 49.3 Å². The molecule has 4 aromatic heterocycles. The fourth-order valence-electron chi connectivity index (χ4n) is 3.47. The lowest BCUT2D eigenvalue weighted by Crippen LogP contribution is -2.42. The maximum absolute atomic E-state index is 13.7. The Bertz CT molecular complexity index is 1630. The second-order valence-electron chi connectivity index (χ2n) is 7.88. The lowest BCUT2D eigenvalue weighted by Gasteiger charge is -2.19. The molecule has 37 heavy (non-hydrogen) atoms. The van der Waals surface area contributed by atoms with Crippen LogP contribution in [0.3, 0.4) is 0 Å². The van der Waals surface area contributed by atoms with E-state index in [2.05, 4.69) is 15.0 Å². The summed E-state index contributed by atoms with van der Waals surface area (Å²) in [7, 11) is -2.72. The van der Waals surface area contributed by atoms with Crippen LogP contribution in [0.25, 0.3) is 22.4 Å². The summed E-state index contributed by atoms with van der Waals surface area (Å²) in [5, 5.41) is 0. The molecular formula is C22H18F5N5O4S. The molecule has 0 aliphatic carbocycles. The molecule has 0 atom stereocenters. The number of sulfone groups is 1. The molecule has 0 aromatic carbocycles. The van der Waals surface area contributed by atoms with E-state index in [0.717, 1.165) is 10.8 Å². The minimum atomic E-state index is -5.87. The smallest absolute Gasteiger partial charge is 0.437 e. The van der Waals surface area contributed by atoms with Crippen molar-refractivity contribution in [1.82, 2.24) is 24.1 Å². The Balaban J connectivity index is 1.83. The highest BCUT2D eigenvalue weighted by molar-refractivity contribution is 7.91. The van der Waals surface area contributed by atoms with Crippen LogP contribution in [-0.4, -0.2) is 50.4 Å². The number of nitrogens with zero attached hydrogens (tertiary/aromatic N) is 5. The van der Waals surface area contributed by atoms with Crippen molar-refractivity contribution < 1.29 is 35.1 Å². The lowest BCUT2D eigenvalue weighted by molar-refractivity contribution is -0.286. The molecule has 4 heterocycles. The third-order valence-electron chi connectivity index (χ3n) is 5.45. The summed E-state index contributed by atoms with van der Waals surface area (Å²) in [4.78, 5) is 24.4. The molecule has 4 rings (SSSR count). The molecule has 0 unspecified atom stereocenters. The van der Waals surface area contributed by atoms with Crippen molar-refractivity contribution >= 4 is 20.9 Å². The molecule has 0 aliphatic rings. The van der Waals surface area contributed by atoms with E-state index >= 15 is 0 Å². The van der Waals surface area contributed by atoms with Crippen LogP contribution in [0.1, 0.15) is 6.92 Å². The van der Waals surface area contributed by atoms with Gasteiger partial charge in [-0.2, -0.15) is 22.0 Å². The Morgan fingerprint density at radius 3 is 2.35 bits per heavy atom. The zero-order valence-electron chi connectivity index (χ0n) is 19.2. The second-order valence-corrected chi connectivity index (χ2v) is 10.1. The van der Waals surface area contributed by atoms with E-state index in [4.69, 9.17) is 4.74 Å². The van der Waals surface area contributed by atoms with E-state index < -0.39 is 34.2 Å². The monoisotopic (exact) mass is 543 g/mol. The van der Waals surface area contributed by atoms with Crippen molar-refractivity contribution in [2.24, 2.45) is 7.05 Å².